The van der Waals surface area contributed by atoms with E-state index >= 15 is 0 Å². The fourth-order valence-corrected chi connectivity index (χ4v) is 6.97. The molecule has 1 amide bonds. The number of nitrogens with zero attached hydrogens (tertiary/aromatic N) is 3. The topological polar surface area (TPSA) is 111 Å². The number of ether oxygens (including phenoxy) is 3. The maximum absolute atomic E-state index is 14.2. The van der Waals surface area contributed by atoms with Crippen molar-refractivity contribution >= 4 is 45.7 Å². The number of halogens is 1. The molecular weight excluding hydrogens is 618 g/mol. The molecule has 0 radical (unpaired) electrons. The first-order valence-electron chi connectivity index (χ1n) is 14.6. The fraction of sp³-hybridized carbons (Fsp3) is 0.273. The van der Waals surface area contributed by atoms with Crippen molar-refractivity contribution in [2.45, 2.75) is 42.3 Å². The second-order valence-corrected chi connectivity index (χ2v) is 12.6. The van der Waals surface area contributed by atoms with Crippen LogP contribution >= 0.6 is 23.1 Å². The van der Waals surface area contributed by atoms with Gasteiger partial charge in [0.1, 0.15) is 30.5 Å². The number of carbonyl (C=O) groups is 2. The zero-order valence-corrected chi connectivity index (χ0v) is 26.0. The average Bonchev–Trinajstić information content (AvgIpc) is 3.64. The molecule has 1 atom stereocenters. The molecule has 0 bridgehead atoms. The number of Topliss-reactive ketones (excluding diaryl/α,β-unsaturated/α-hetero) is 1. The summed E-state index contributed by atoms with van der Waals surface area (Å²) in [7, 11) is 0. The van der Waals surface area contributed by atoms with Gasteiger partial charge in [-0.15, -0.1) is 10.2 Å². The van der Waals surface area contributed by atoms with Crippen LogP contribution in [0, 0.1) is 5.82 Å². The molecule has 0 spiro atoms. The Hall–Kier alpha value is -4.42. The number of unbranched alkanes of at least 4 members (excludes halogenated alkanes) is 2. The normalized spacial score (nSPS) is 17.1. The van der Waals surface area contributed by atoms with Gasteiger partial charge in [0.15, 0.2) is 15.8 Å². The third-order valence-electron chi connectivity index (χ3n) is 7.36. The number of aliphatic hydroxyl groups excluding tert-OH is 1. The molecule has 4 aromatic rings. The standard InChI is InChI=1S/C33H30FN3O6S2/c1-2-3-6-14-41-23-10-7-9-20(17-23)28-27(29(38)21-12-13-25-26(18-21)43-16-15-42-25)30(39)31(40)37(28)32-35-36-33(45-32)44-19-22-8-4-5-11-24(22)34/h4-5,7-13,17-18,28,38H,2-3,6,14-16,19H2,1H3/b29-27+. The van der Waals surface area contributed by atoms with Crippen LogP contribution in [0.2, 0.25) is 0 Å². The highest BCUT2D eigenvalue weighted by Gasteiger charge is 2.48. The van der Waals surface area contributed by atoms with E-state index in [0.29, 0.717) is 63.9 Å². The van der Waals surface area contributed by atoms with Gasteiger partial charge in [-0.2, -0.15) is 0 Å². The van der Waals surface area contributed by atoms with E-state index < -0.39 is 17.7 Å². The van der Waals surface area contributed by atoms with Gasteiger partial charge >= 0.3 is 5.91 Å². The fourth-order valence-electron chi connectivity index (χ4n) is 5.12. The Morgan fingerprint density at radius 2 is 1.87 bits per heavy atom. The maximum atomic E-state index is 14.2. The summed E-state index contributed by atoms with van der Waals surface area (Å²) in [5.41, 5.74) is 1.26. The number of fused-ring (bicyclic) bond motifs is 1. The molecule has 1 N–H and O–H groups in total. The zero-order valence-electron chi connectivity index (χ0n) is 24.4. The second-order valence-electron chi connectivity index (χ2n) is 10.4. The quantitative estimate of drug-likeness (QED) is 0.0462. The molecule has 9 nitrogen and oxygen atoms in total. The van der Waals surface area contributed by atoms with Gasteiger partial charge in [-0.1, -0.05) is 73.2 Å². The molecule has 232 valence electrons. The van der Waals surface area contributed by atoms with Crippen LogP contribution in [0.3, 0.4) is 0 Å². The van der Waals surface area contributed by atoms with E-state index in [-0.39, 0.29) is 22.3 Å². The number of benzene rings is 3. The van der Waals surface area contributed by atoms with Gasteiger partial charge in [-0.05, 0) is 53.9 Å². The summed E-state index contributed by atoms with van der Waals surface area (Å²) >= 11 is 2.38. The first kappa shape index (κ1) is 30.6. The number of anilines is 1. The summed E-state index contributed by atoms with van der Waals surface area (Å²) in [6.45, 7) is 3.39. The van der Waals surface area contributed by atoms with Gasteiger partial charge < -0.3 is 19.3 Å². The van der Waals surface area contributed by atoms with E-state index in [1.165, 1.54) is 22.7 Å². The molecule has 3 aromatic carbocycles. The Balaban J connectivity index is 1.38. The van der Waals surface area contributed by atoms with E-state index in [9.17, 15) is 19.1 Å². The van der Waals surface area contributed by atoms with Crippen LogP contribution in [0.5, 0.6) is 17.2 Å². The predicted octanol–water partition coefficient (Wildman–Crippen LogP) is 6.94. The van der Waals surface area contributed by atoms with E-state index in [2.05, 4.69) is 17.1 Å². The number of hydrogen-bond acceptors (Lipinski definition) is 10. The van der Waals surface area contributed by atoms with Gasteiger partial charge in [-0.25, -0.2) is 4.39 Å². The molecule has 1 unspecified atom stereocenters. The molecule has 3 heterocycles. The monoisotopic (exact) mass is 647 g/mol. The number of amides is 1. The average molecular weight is 648 g/mol. The van der Waals surface area contributed by atoms with Gasteiger partial charge in [0, 0.05) is 11.3 Å². The van der Waals surface area contributed by atoms with Crippen molar-refractivity contribution in [3.63, 3.8) is 0 Å². The van der Waals surface area contributed by atoms with Crippen LogP contribution in [0.15, 0.2) is 76.6 Å². The molecule has 1 aromatic heterocycles. The lowest BCUT2D eigenvalue weighted by Crippen LogP contribution is -2.29. The first-order chi connectivity index (χ1) is 21.9. The second kappa shape index (κ2) is 13.7. The summed E-state index contributed by atoms with van der Waals surface area (Å²) < 4.78 is 31.9. The molecule has 45 heavy (non-hydrogen) atoms. The van der Waals surface area contributed by atoms with Crippen molar-refractivity contribution in [1.29, 1.82) is 0 Å². The molecule has 6 rings (SSSR count). The molecule has 1 fully saturated rings. The highest BCUT2D eigenvalue weighted by molar-refractivity contribution is 8.00. The first-order valence-corrected chi connectivity index (χ1v) is 16.4. The number of thioether (sulfide) groups is 1. The lowest BCUT2D eigenvalue weighted by molar-refractivity contribution is -0.132. The molecule has 1 saturated heterocycles. The van der Waals surface area contributed by atoms with E-state index in [1.807, 2.05) is 6.07 Å². The number of rotatable bonds is 11. The van der Waals surface area contributed by atoms with Crippen LogP contribution in [0.25, 0.3) is 5.76 Å². The summed E-state index contributed by atoms with van der Waals surface area (Å²) in [5, 5.41) is 20.2. The van der Waals surface area contributed by atoms with Gasteiger partial charge in [0.05, 0.1) is 18.2 Å². The Morgan fingerprint density at radius 3 is 2.69 bits per heavy atom. The third kappa shape index (κ3) is 6.52. The molecule has 0 saturated carbocycles. The van der Waals surface area contributed by atoms with E-state index in [4.69, 9.17) is 14.2 Å². The molecule has 0 aliphatic carbocycles. The number of hydrogen-bond donors (Lipinski definition) is 1. The number of aromatic nitrogens is 2. The molecular formula is C33H30FN3O6S2. The van der Waals surface area contributed by atoms with E-state index in [0.717, 1.165) is 30.6 Å². The van der Waals surface area contributed by atoms with Gasteiger partial charge in [-0.3, -0.25) is 14.5 Å². The van der Waals surface area contributed by atoms with Gasteiger partial charge in [0.2, 0.25) is 5.13 Å². The zero-order chi connectivity index (χ0) is 31.3. The van der Waals surface area contributed by atoms with Crippen molar-refractivity contribution < 1.29 is 33.3 Å². The lowest BCUT2D eigenvalue weighted by atomic mass is 9.95. The minimum Gasteiger partial charge on any atom is -0.507 e. The minimum atomic E-state index is -1.02. The molecule has 12 heteroatoms. The highest BCUT2D eigenvalue weighted by atomic mass is 32.2. The van der Waals surface area contributed by atoms with Crippen molar-refractivity contribution in [3.8, 4) is 17.2 Å². The summed E-state index contributed by atoms with van der Waals surface area (Å²) in [4.78, 5) is 28.6. The maximum Gasteiger partial charge on any atom is 0.301 e. The van der Waals surface area contributed by atoms with Crippen LogP contribution in [0.1, 0.15) is 48.9 Å². The Bertz CT molecular complexity index is 1760. The van der Waals surface area contributed by atoms with Crippen LogP contribution in [-0.4, -0.2) is 46.8 Å². The Labute approximate surface area is 267 Å². The minimum absolute atomic E-state index is 0.101. The Kier molecular flexibility index (Phi) is 9.31. The van der Waals surface area contributed by atoms with Crippen molar-refractivity contribution in [2.24, 2.45) is 0 Å². The largest absolute Gasteiger partial charge is 0.507 e. The SMILES string of the molecule is CCCCCOc1cccc(C2/C(=C(\O)c3ccc4c(c3)OCCO4)C(=O)C(=O)N2c2nnc(SCc3ccccc3F)s2)c1. The van der Waals surface area contributed by atoms with Crippen molar-refractivity contribution in [3.05, 3.63) is 94.8 Å². The number of carbonyl (C=O) groups excluding carboxylic acids is 2. The van der Waals surface area contributed by atoms with Crippen molar-refractivity contribution in [1.82, 2.24) is 10.2 Å². The summed E-state index contributed by atoms with van der Waals surface area (Å²) in [6, 6.07) is 17.4. The van der Waals surface area contributed by atoms with Crippen LogP contribution in [0.4, 0.5) is 9.52 Å². The third-order valence-corrected chi connectivity index (χ3v) is 9.47. The highest BCUT2D eigenvalue weighted by Crippen LogP contribution is 2.45. The smallest absolute Gasteiger partial charge is 0.301 e. The van der Waals surface area contributed by atoms with Crippen molar-refractivity contribution in [2.75, 3.05) is 24.7 Å². The van der Waals surface area contributed by atoms with E-state index in [1.54, 1.807) is 54.6 Å². The van der Waals surface area contributed by atoms with Crippen LogP contribution < -0.4 is 19.1 Å². The predicted molar refractivity (Wildman–Crippen MR) is 170 cm³/mol. The summed E-state index contributed by atoms with van der Waals surface area (Å²) in [5.74, 6) is -0.553. The lowest BCUT2D eigenvalue weighted by Gasteiger charge is -2.23. The number of aliphatic hydroxyl groups is 1. The molecule has 2 aliphatic rings. The molecule has 2 aliphatic heterocycles. The summed E-state index contributed by atoms with van der Waals surface area (Å²) in [6.07, 6.45) is 2.98. The number of ketones is 1. The van der Waals surface area contributed by atoms with Gasteiger partial charge in [0.25, 0.3) is 5.78 Å². The van der Waals surface area contributed by atoms with Crippen LogP contribution in [-0.2, 0) is 15.3 Å². The Morgan fingerprint density at radius 1 is 1.04 bits per heavy atom.